The molecule has 1 saturated heterocycles. The van der Waals surface area contributed by atoms with Crippen molar-refractivity contribution in [3.8, 4) is 0 Å². The van der Waals surface area contributed by atoms with Crippen LogP contribution in [0.25, 0.3) is 0 Å². The lowest BCUT2D eigenvalue weighted by atomic mass is 10.1. The molecule has 0 radical (unpaired) electrons. The number of hydrogen-bond donors (Lipinski definition) is 1. The Morgan fingerprint density at radius 3 is 3.00 bits per heavy atom. The predicted octanol–water partition coefficient (Wildman–Crippen LogP) is 1.00. The largest absolute Gasteiger partial charge is 0.313 e. The highest BCUT2D eigenvalue weighted by Gasteiger charge is 2.35. The topological polar surface area (TPSA) is 65.5 Å². The van der Waals surface area contributed by atoms with E-state index in [9.17, 15) is 8.42 Å². The summed E-state index contributed by atoms with van der Waals surface area (Å²) >= 11 is 0. The van der Waals surface area contributed by atoms with E-state index in [0.717, 1.165) is 18.4 Å². The van der Waals surface area contributed by atoms with Crippen LogP contribution >= 0.6 is 0 Å². The van der Waals surface area contributed by atoms with Gasteiger partial charge in [-0.3, -0.25) is 4.98 Å². The maximum absolute atomic E-state index is 12.8. The van der Waals surface area contributed by atoms with Crippen LogP contribution in [-0.4, -0.2) is 55.2 Å². The van der Waals surface area contributed by atoms with Crippen molar-refractivity contribution < 1.29 is 8.42 Å². The van der Waals surface area contributed by atoms with Gasteiger partial charge in [-0.25, -0.2) is 0 Å². The van der Waals surface area contributed by atoms with Crippen LogP contribution in [0.4, 0.5) is 0 Å². The fourth-order valence-electron chi connectivity index (χ4n) is 2.49. The molecule has 1 fully saturated rings. The van der Waals surface area contributed by atoms with Gasteiger partial charge in [0.15, 0.2) is 0 Å². The van der Waals surface area contributed by atoms with Crippen molar-refractivity contribution in [1.29, 1.82) is 0 Å². The highest BCUT2D eigenvalue weighted by atomic mass is 32.2. The predicted molar refractivity (Wildman–Crippen MR) is 83.0 cm³/mol. The van der Waals surface area contributed by atoms with Crippen molar-refractivity contribution in [2.75, 3.05) is 33.2 Å². The average molecular weight is 312 g/mol. The Kier molecular flexibility index (Phi) is 5.69. The molecule has 118 valence electrons. The minimum atomic E-state index is -3.43. The fourth-order valence-corrected chi connectivity index (χ4v) is 4.05. The summed E-state index contributed by atoms with van der Waals surface area (Å²) in [5.41, 5.74) is 0.928. The third-order valence-electron chi connectivity index (χ3n) is 3.78. The summed E-state index contributed by atoms with van der Waals surface area (Å²) < 4.78 is 28.6. The Balaban J connectivity index is 2.22. The van der Waals surface area contributed by atoms with Gasteiger partial charge >= 0.3 is 0 Å². The highest BCUT2D eigenvalue weighted by molar-refractivity contribution is 7.86. The van der Waals surface area contributed by atoms with Gasteiger partial charge in [-0.15, -0.1) is 0 Å². The van der Waals surface area contributed by atoms with Gasteiger partial charge in [-0.1, -0.05) is 19.4 Å². The summed E-state index contributed by atoms with van der Waals surface area (Å²) in [6.07, 6.45) is 5.30. The third-order valence-corrected chi connectivity index (χ3v) is 5.78. The first-order valence-electron chi connectivity index (χ1n) is 7.41. The zero-order valence-electron chi connectivity index (χ0n) is 12.7. The quantitative estimate of drug-likeness (QED) is 0.851. The molecule has 21 heavy (non-hydrogen) atoms. The minimum absolute atomic E-state index is 0.193. The highest BCUT2D eigenvalue weighted by Crippen LogP contribution is 2.25. The summed E-state index contributed by atoms with van der Waals surface area (Å²) in [5.74, 6) is 0. The Morgan fingerprint density at radius 2 is 2.33 bits per heavy atom. The summed E-state index contributed by atoms with van der Waals surface area (Å²) in [7, 11) is -1.77. The number of nitrogens with zero attached hydrogens (tertiary/aromatic N) is 3. The molecule has 0 bridgehead atoms. The molecule has 7 heteroatoms. The van der Waals surface area contributed by atoms with E-state index < -0.39 is 10.2 Å². The van der Waals surface area contributed by atoms with Crippen molar-refractivity contribution in [3.05, 3.63) is 30.1 Å². The van der Waals surface area contributed by atoms with Gasteiger partial charge in [0.1, 0.15) is 0 Å². The van der Waals surface area contributed by atoms with E-state index in [0.29, 0.717) is 26.2 Å². The normalized spacial score (nSPS) is 20.8. The smallest absolute Gasteiger partial charge is 0.282 e. The van der Waals surface area contributed by atoms with Crippen LogP contribution in [0.5, 0.6) is 0 Å². The molecular weight excluding hydrogens is 288 g/mol. The molecule has 2 rings (SSSR count). The van der Waals surface area contributed by atoms with Crippen molar-refractivity contribution in [3.63, 3.8) is 0 Å². The van der Waals surface area contributed by atoms with E-state index in [2.05, 4.69) is 17.2 Å². The Morgan fingerprint density at radius 1 is 1.52 bits per heavy atom. The molecule has 2 heterocycles. The third kappa shape index (κ3) is 3.79. The van der Waals surface area contributed by atoms with Crippen molar-refractivity contribution in [2.45, 2.75) is 25.8 Å². The van der Waals surface area contributed by atoms with Gasteiger partial charge in [0.2, 0.25) is 0 Å². The molecule has 1 aromatic heterocycles. The first kappa shape index (κ1) is 16.4. The minimum Gasteiger partial charge on any atom is -0.313 e. The molecular formula is C14H24N4O2S. The van der Waals surface area contributed by atoms with Crippen LogP contribution in [0.15, 0.2) is 24.5 Å². The van der Waals surface area contributed by atoms with E-state index in [1.165, 1.54) is 4.31 Å². The van der Waals surface area contributed by atoms with Crippen molar-refractivity contribution >= 4 is 10.2 Å². The van der Waals surface area contributed by atoms with Crippen LogP contribution in [-0.2, 0) is 10.2 Å². The lowest BCUT2D eigenvalue weighted by Crippen LogP contribution is -2.52. The van der Waals surface area contributed by atoms with Crippen LogP contribution in [0.3, 0.4) is 0 Å². The number of aromatic nitrogens is 1. The second-order valence-electron chi connectivity index (χ2n) is 5.30. The second kappa shape index (κ2) is 7.31. The molecule has 0 saturated carbocycles. The molecule has 1 aromatic rings. The first-order valence-corrected chi connectivity index (χ1v) is 8.80. The van der Waals surface area contributed by atoms with Gasteiger partial charge in [0.05, 0.1) is 6.04 Å². The Hall–Kier alpha value is -1.02. The van der Waals surface area contributed by atoms with Gasteiger partial charge in [-0.05, 0) is 18.1 Å². The molecule has 0 aliphatic carbocycles. The maximum Gasteiger partial charge on any atom is 0.282 e. The maximum atomic E-state index is 12.8. The van der Waals surface area contributed by atoms with E-state index >= 15 is 0 Å². The molecule has 6 nitrogen and oxygen atoms in total. The number of rotatable bonds is 6. The standard InChI is InChI=1S/C14H24N4O2S/c1-3-4-9-17(2)21(19,20)18-10-8-16-12-14(18)13-6-5-7-15-11-13/h5-7,11,14,16H,3-4,8-10,12H2,1-2H3. The summed E-state index contributed by atoms with van der Waals surface area (Å²) in [6.45, 7) is 4.40. The molecule has 1 N–H and O–H groups in total. The Labute approximate surface area is 127 Å². The number of nitrogens with one attached hydrogen (secondary N) is 1. The van der Waals surface area contributed by atoms with Crippen LogP contribution in [0.2, 0.25) is 0 Å². The zero-order valence-corrected chi connectivity index (χ0v) is 13.5. The van der Waals surface area contributed by atoms with E-state index in [1.807, 2.05) is 12.1 Å². The Bertz CT molecular complexity index is 535. The van der Waals surface area contributed by atoms with Crippen LogP contribution in [0, 0.1) is 0 Å². The lowest BCUT2D eigenvalue weighted by Gasteiger charge is -2.37. The number of hydrogen-bond acceptors (Lipinski definition) is 4. The number of piperazine rings is 1. The monoisotopic (exact) mass is 312 g/mol. The fraction of sp³-hybridized carbons (Fsp3) is 0.643. The molecule has 1 aliphatic rings. The van der Waals surface area contributed by atoms with Gasteiger partial charge in [-0.2, -0.15) is 17.0 Å². The van der Waals surface area contributed by atoms with Crippen LogP contribution < -0.4 is 5.32 Å². The SMILES string of the molecule is CCCCN(C)S(=O)(=O)N1CCNCC1c1cccnc1. The molecule has 0 amide bonds. The zero-order chi connectivity index (χ0) is 15.3. The van der Waals surface area contributed by atoms with Crippen molar-refractivity contribution in [1.82, 2.24) is 18.9 Å². The first-order chi connectivity index (χ1) is 10.1. The molecule has 0 aromatic carbocycles. The molecule has 1 atom stereocenters. The average Bonchev–Trinajstić information content (AvgIpc) is 2.53. The number of pyridine rings is 1. The summed E-state index contributed by atoms with van der Waals surface area (Å²) in [6, 6.07) is 3.58. The van der Waals surface area contributed by atoms with E-state index in [4.69, 9.17) is 0 Å². The number of unbranched alkanes of at least 4 members (excludes halogenated alkanes) is 1. The molecule has 1 aliphatic heterocycles. The van der Waals surface area contributed by atoms with Crippen LogP contribution in [0.1, 0.15) is 31.4 Å². The lowest BCUT2D eigenvalue weighted by molar-refractivity contribution is 0.251. The van der Waals surface area contributed by atoms with Gasteiger partial charge in [0.25, 0.3) is 10.2 Å². The molecule has 1 unspecified atom stereocenters. The van der Waals surface area contributed by atoms with Crippen molar-refractivity contribution in [2.24, 2.45) is 0 Å². The van der Waals surface area contributed by atoms with Gasteiger partial charge in [0, 0.05) is 45.6 Å². The molecule has 0 spiro atoms. The summed E-state index contributed by atoms with van der Waals surface area (Å²) in [4.78, 5) is 4.11. The van der Waals surface area contributed by atoms with E-state index in [-0.39, 0.29) is 6.04 Å². The summed E-state index contributed by atoms with van der Waals surface area (Å²) in [5, 5.41) is 3.27. The van der Waals surface area contributed by atoms with Gasteiger partial charge < -0.3 is 5.32 Å². The van der Waals surface area contributed by atoms with E-state index in [1.54, 1.807) is 23.7 Å². The second-order valence-corrected chi connectivity index (χ2v) is 7.29.